The minimum Gasteiger partial charge on any atom is -0.495 e. The van der Waals surface area contributed by atoms with Crippen LogP contribution in [0.2, 0.25) is 10.0 Å². The molecule has 0 radical (unpaired) electrons. The summed E-state index contributed by atoms with van der Waals surface area (Å²) in [6, 6.07) is 24.3. The highest BCUT2D eigenvalue weighted by atomic mass is 35.5. The van der Waals surface area contributed by atoms with Crippen LogP contribution in [0.5, 0.6) is 5.75 Å². The number of fused-ring (bicyclic) bond motifs is 1. The van der Waals surface area contributed by atoms with Gasteiger partial charge in [0.25, 0.3) is 5.91 Å². The van der Waals surface area contributed by atoms with Gasteiger partial charge in [-0.05, 0) is 91.0 Å². The predicted octanol–water partition coefficient (Wildman–Crippen LogP) is 6.31. The van der Waals surface area contributed by atoms with Gasteiger partial charge in [0.1, 0.15) is 11.8 Å². The first-order valence-corrected chi connectivity index (χ1v) is 21.0. The molecule has 0 spiro atoms. The molecule has 0 bridgehead atoms. The number of aliphatic hydroxyl groups is 1. The van der Waals surface area contributed by atoms with Crippen molar-refractivity contribution in [2.75, 3.05) is 46.6 Å². The zero-order chi connectivity index (χ0) is 43.7. The lowest BCUT2D eigenvalue weighted by atomic mass is 9.88. The van der Waals surface area contributed by atoms with Gasteiger partial charge in [-0.3, -0.25) is 14.4 Å². The van der Waals surface area contributed by atoms with Gasteiger partial charge in [0.15, 0.2) is 15.4 Å². The summed E-state index contributed by atoms with van der Waals surface area (Å²) >= 11 is 12.7. The largest absolute Gasteiger partial charge is 0.495 e. The van der Waals surface area contributed by atoms with Gasteiger partial charge in [0.2, 0.25) is 0 Å². The van der Waals surface area contributed by atoms with Crippen LogP contribution in [0, 0.1) is 11.3 Å². The Labute approximate surface area is 352 Å². The number of carbonyl (C=O) groups excluding carboxylic acids is 1. The summed E-state index contributed by atoms with van der Waals surface area (Å²) in [6.45, 7) is 2.89. The number of halogens is 2. The fourth-order valence-corrected chi connectivity index (χ4v) is 8.54. The minimum atomic E-state index is -3.30. The van der Waals surface area contributed by atoms with Crippen molar-refractivity contribution in [3.05, 3.63) is 105 Å². The third-order valence-electron chi connectivity index (χ3n) is 10.2. The molecule has 1 amide bonds. The van der Waals surface area contributed by atoms with E-state index < -0.39 is 46.2 Å². The number of nitrogens with zero attached hydrogens (tertiary/aromatic N) is 3. The lowest BCUT2D eigenvalue weighted by Gasteiger charge is -2.34. The summed E-state index contributed by atoms with van der Waals surface area (Å²) in [5.41, 5.74) is -0.182. The Bertz CT molecular complexity index is 2340. The number of nitriles is 1. The van der Waals surface area contributed by atoms with Crippen molar-refractivity contribution in [2.45, 2.75) is 54.4 Å². The maximum Gasteiger partial charge on any atom is 0.336 e. The maximum atomic E-state index is 14.1. The first-order chi connectivity index (χ1) is 27.8. The van der Waals surface area contributed by atoms with E-state index in [9.17, 15) is 32.9 Å². The van der Waals surface area contributed by atoms with Crippen molar-refractivity contribution in [3.8, 4) is 11.8 Å². The quantitative estimate of drug-likeness (QED) is 0.103. The van der Waals surface area contributed by atoms with Gasteiger partial charge in [-0.1, -0.05) is 71.7 Å². The molecule has 17 heteroatoms. The lowest BCUT2D eigenvalue weighted by molar-refractivity contribution is -0.170. The second-order valence-corrected chi connectivity index (χ2v) is 17.2. The maximum absolute atomic E-state index is 14.1. The van der Waals surface area contributed by atoms with Crippen LogP contribution in [0.1, 0.15) is 71.0 Å². The van der Waals surface area contributed by atoms with Crippen LogP contribution < -0.4 is 4.74 Å². The molecule has 1 atom stereocenters. The van der Waals surface area contributed by atoms with E-state index in [0.29, 0.717) is 32.6 Å². The molecule has 1 aliphatic rings. The van der Waals surface area contributed by atoms with E-state index in [1.807, 2.05) is 48.5 Å². The molecule has 5 rings (SSSR count). The summed E-state index contributed by atoms with van der Waals surface area (Å²) in [5.74, 6) is -4.85. The fraction of sp³-hybridized carbons (Fsp3) is 0.357. The number of sulfone groups is 1. The first-order valence-electron chi connectivity index (χ1n) is 18.4. The van der Waals surface area contributed by atoms with Gasteiger partial charge in [0.05, 0.1) is 46.0 Å². The van der Waals surface area contributed by atoms with Crippen molar-refractivity contribution >= 4 is 67.6 Å². The van der Waals surface area contributed by atoms with Gasteiger partial charge in [0, 0.05) is 25.8 Å². The zero-order valence-corrected chi connectivity index (χ0v) is 34.9. The lowest BCUT2D eigenvalue weighted by Crippen LogP contribution is -2.42. The molecule has 4 aromatic rings. The van der Waals surface area contributed by atoms with E-state index in [-0.39, 0.29) is 23.5 Å². The molecule has 1 aliphatic heterocycles. The Morgan fingerprint density at radius 3 is 2.12 bits per heavy atom. The number of likely N-dealkylation sites (tertiary alicyclic amines) is 1. The molecular weight excluding hydrogens is 825 g/mol. The van der Waals surface area contributed by atoms with Gasteiger partial charge in [-0.2, -0.15) is 5.26 Å². The molecule has 314 valence electrons. The van der Waals surface area contributed by atoms with Crippen molar-refractivity contribution in [1.82, 2.24) is 9.80 Å². The number of aliphatic carboxylic acids is 3. The predicted molar refractivity (Wildman–Crippen MR) is 221 cm³/mol. The fourth-order valence-electron chi connectivity index (χ4n) is 7.25. The van der Waals surface area contributed by atoms with E-state index in [0.717, 1.165) is 60.8 Å². The number of piperidine rings is 1. The van der Waals surface area contributed by atoms with Gasteiger partial charge in [-0.25, -0.2) is 13.2 Å². The van der Waals surface area contributed by atoms with E-state index in [1.54, 1.807) is 36.2 Å². The Kier molecular flexibility index (Phi) is 15.9. The summed E-state index contributed by atoms with van der Waals surface area (Å²) in [7, 11) is -0.0602. The van der Waals surface area contributed by atoms with Crippen LogP contribution in [0.4, 0.5) is 0 Å². The minimum absolute atomic E-state index is 0.0520. The highest BCUT2D eigenvalue weighted by Gasteiger charge is 2.41. The normalized spacial score (nSPS) is 14.1. The Balaban J connectivity index is 0.000000509. The third kappa shape index (κ3) is 11.9. The Morgan fingerprint density at radius 2 is 1.56 bits per heavy atom. The van der Waals surface area contributed by atoms with E-state index in [2.05, 4.69) is 11.0 Å². The molecule has 4 N–H and O–H groups in total. The number of ether oxygens (including phenoxy) is 1. The molecule has 1 fully saturated rings. The van der Waals surface area contributed by atoms with Crippen LogP contribution >= 0.6 is 23.2 Å². The van der Waals surface area contributed by atoms with Crippen molar-refractivity contribution in [2.24, 2.45) is 0 Å². The number of carboxylic acid groups (broad SMARTS) is 3. The SMILES string of the molecule is COc1c(C#N)cc2ccccc2c1C(=O)N(C)CC(CCN1CCC(c2ccccc2S(C)(=O)=O)CC1)c1ccc(Cl)c(Cl)c1.O=C(O)CC(O)(CC(=O)O)C(=O)O. The molecule has 1 heterocycles. The number of hydrogen-bond acceptors (Lipinski definition) is 10. The van der Waals surface area contributed by atoms with Gasteiger partial charge in [-0.15, -0.1) is 0 Å². The molecule has 0 aromatic heterocycles. The number of methoxy groups -OCH3 is 1. The highest BCUT2D eigenvalue weighted by Crippen LogP contribution is 2.36. The number of rotatable bonds is 15. The second-order valence-electron chi connectivity index (χ2n) is 14.4. The average Bonchev–Trinajstić information content (AvgIpc) is 3.18. The topological polar surface area (TPSA) is 223 Å². The molecule has 0 aliphatic carbocycles. The number of amides is 1. The molecule has 0 saturated carbocycles. The average molecular weight is 871 g/mol. The summed E-state index contributed by atoms with van der Waals surface area (Å²) in [4.78, 5) is 49.1. The van der Waals surface area contributed by atoms with Crippen molar-refractivity contribution in [1.29, 1.82) is 5.26 Å². The van der Waals surface area contributed by atoms with Crippen LogP contribution in [-0.4, -0.2) is 115 Å². The van der Waals surface area contributed by atoms with Crippen molar-refractivity contribution < 1.29 is 52.8 Å². The summed E-state index contributed by atoms with van der Waals surface area (Å²) in [5, 5.41) is 46.1. The number of carboxylic acids is 3. The number of likely N-dealkylation sites (N-methyl/N-ethyl adjacent to an activating group) is 1. The number of benzene rings is 4. The van der Waals surface area contributed by atoms with Gasteiger partial charge < -0.3 is 35.0 Å². The summed E-state index contributed by atoms with van der Waals surface area (Å²) in [6.07, 6.45) is 1.47. The molecule has 1 unspecified atom stereocenters. The smallest absolute Gasteiger partial charge is 0.336 e. The molecule has 4 aromatic carbocycles. The third-order valence-corrected chi connectivity index (χ3v) is 12.1. The van der Waals surface area contributed by atoms with E-state index in [4.69, 9.17) is 48.4 Å². The van der Waals surface area contributed by atoms with Gasteiger partial charge >= 0.3 is 17.9 Å². The summed E-state index contributed by atoms with van der Waals surface area (Å²) < 4.78 is 30.4. The van der Waals surface area contributed by atoms with Crippen LogP contribution in [0.25, 0.3) is 10.8 Å². The highest BCUT2D eigenvalue weighted by molar-refractivity contribution is 7.90. The monoisotopic (exact) mass is 869 g/mol. The first kappa shape index (κ1) is 46.4. The Morgan fingerprint density at radius 1 is 0.949 bits per heavy atom. The van der Waals surface area contributed by atoms with E-state index >= 15 is 0 Å². The molecular formula is C42H45Cl2N3O11S. The molecule has 1 saturated heterocycles. The second kappa shape index (κ2) is 20.1. The number of hydrogen-bond donors (Lipinski definition) is 4. The van der Waals surface area contributed by atoms with Crippen LogP contribution in [0.15, 0.2) is 77.7 Å². The van der Waals surface area contributed by atoms with Crippen LogP contribution in [0.3, 0.4) is 0 Å². The zero-order valence-electron chi connectivity index (χ0n) is 32.6. The van der Waals surface area contributed by atoms with E-state index in [1.165, 1.54) is 13.4 Å². The molecule has 59 heavy (non-hydrogen) atoms. The van der Waals surface area contributed by atoms with Crippen molar-refractivity contribution in [3.63, 3.8) is 0 Å². The Hall–Kier alpha value is -5.24. The standard InChI is InChI=1S/C36H37Cl2N3O4S.C6H8O7/c1-40(36(42)34-30-10-5-4-8-26(30)20-28(22-39)35(34)45-2)23-27(25-12-13-31(37)32(38)21-25)16-19-41-17-14-24(15-18-41)29-9-6-7-11-33(29)46(3,43)44;7-3(8)1-6(13,5(11)12)2-4(9)10/h4-13,20-21,24,27H,14-19,23H2,1-3H3;13H,1-2H2,(H,7,8)(H,9,10)(H,11,12). The number of carbonyl (C=O) groups is 4. The molecule has 14 nitrogen and oxygen atoms in total. The van der Waals surface area contributed by atoms with Crippen LogP contribution in [-0.2, 0) is 24.2 Å².